The maximum absolute atomic E-state index is 11.0. The molecule has 0 aliphatic rings. The molecule has 0 saturated carbocycles. The molecule has 0 unspecified atom stereocenters. The predicted molar refractivity (Wildman–Crippen MR) is 48.2 cm³/mol. The van der Waals surface area contributed by atoms with Crippen molar-refractivity contribution in [3.05, 3.63) is 24.1 Å². The van der Waals surface area contributed by atoms with Crippen LogP contribution < -0.4 is 10.6 Å². The van der Waals surface area contributed by atoms with Gasteiger partial charge in [0.25, 0.3) is 0 Å². The number of nitrogens with one attached hydrogen (secondary N) is 2. The molecule has 0 aromatic carbocycles. The van der Waals surface area contributed by atoms with Crippen LogP contribution in [0.1, 0.15) is 12.7 Å². The van der Waals surface area contributed by atoms with Crippen molar-refractivity contribution in [2.75, 3.05) is 5.32 Å². The van der Waals surface area contributed by atoms with E-state index in [-0.39, 0.29) is 6.03 Å². The molecule has 5 nitrogen and oxygen atoms in total. The van der Waals surface area contributed by atoms with E-state index in [9.17, 15) is 4.79 Å². The first-order chi connectivity index (χ1) is 6.22. The van der Waals surface area contributed by atoms with Crippen LogP contribution in [-0.4, -0.2) is 11.2 Å². The third kappa shape index (κ3) is 2.98. The monoisotopic (exact) mass is 181 g/mol. The number of amides is 2. The topological polar surface area (TPSA) is 67.2 Å². The van der Waals surface area contributed by atoms with Crippen LogP contribution in [0.4, 0.5) is 10.6 Å². The van der Waals surface area contributed by atoms with Gasteiger partial charge in [0.05, 0.1) is 0 Å². The van der Waals surface area contributed by atoms with Crippen LogP contribution in [-0.2, 0) is 0 Å². The largest absolute Gasteiger partial charge is 0.360 e. The van der Waals surface area contributed by atoms with Crippen LogP contribution in [0.15, 0.2) is 22.9 Å². The lowest BCUT2D eigenvalue weighted by atomic mass is 10.5. The fraction of sp³-hybridized carbons (Fsp3) is 0.250. The number of hydrogen-bond donors (Lipinski definition) is 2. The molecule has 0 aliphatic heterocycles. The number of urea groups is 1. The van der Waals surface area contributed by atoms with E-state index in [4.69, 9.17) is 4.52 Å². The van der Waals surface area contributed by atoms with Crippen molar-refractivity contribution >= 4 is 11.8 Å². The second kappa shape index (κ2) is 4.30. The average Bonchev–Trinajstić information content (AvgIpc) is 2.48. The Morgan fingerprint density at radius 2 is 2.46 bits per heavy atom. The molecule has 0 bridgehead atoms. The highest BCUT2D eigenvalue weighted by atomic mass is 16.5. The first-order valence-electron chi connectivity index (χ1n) is 3.84. The number of aryl methyl sites for hydroxylation is 1. The lowest BCUT2D eigenvalue weighted by Gasteiger charge is -1.97. The fourth-order valence-corrected chi connectivity index (χ4v) is 0.737. The summed E-state index contributed by atoms with van der Waals surface area (Å²) in [6, 6.07) is 1.29. The maximum atomic E-state index is 11.0. The molecule has 1 rings (SSSR count). The van der Waals surface area contributed by atoms with Gasteiger partial charge in [-0.15, -0.1) is 0 Å². The lowest BCUT2D eigenvalue weighted by Crippen LogP contribution is -2.23. The molecule has 0 aliphatic carbocycles. The van der Waals surface area contributed by atoms with Gasteiger partial charge in [-0.1, -0.05) is 11.2 Å². The molecule has 0 saturated heterocycles. The van der Waals surface area contributed by atoms with E-state index >= 15 is 0 Å². The Balaban J connectivity index is 2.45. The third-order valence-corrected chi connectivity index (χ3v) is 1.25. The third-order valence-electron chi connectivity index (χ3n) is 1.25. The number of carbonyl (C=O) groups is 1. The van der Waals surface area contributed by atoms with E-state index in [1.807, 2.05) is 0 Å². The van der Waals surface area contributed by atoms with Crippen molar-refractivity contribution < 1.29 is 9.32 Å². The normalized spacial score (nSPS) is 10.3. The quantitative estimate of drug-likeness (QED) is 0.728. The van der Waals surface area contributed by atoms with Gasteiger partial charge in [0.2, 0.25) is 0 Å². The summed E-state index contributed by atoms with van der Waals surface area (Å²) in [6.07, 6.45) is 3.25. The first-order valence-corrected chi connectivity index (χ1v) is 3.84. The predicted octanol–water partition coefficient (Wildman–Crippen LogP) is 1.64. The Hall–Kier alpha value is -1.78. The number of hydrogen-bond acceptors (Lipinski definition) is 3. The highest BCUT2D eigenvalue weighted by molar-refractivity contribution is 5.88. The van der Waals surface area contributed by atoms with Gasteiger partial charge in [0, 0.05) is 12.3 Å². The summed E-state index contributed by atoms with van der Waals surface area (Å²) in [5, 5.41) is 8.56. The molecule has 2 N–H and O–H groups in total. The Bertz CT molecular complexity index is 317. The molecular formula is C8H11N3O2. The fourth-order valence-electron chi connectivity index (χ4n) is 0.737. The molecule has 1 aromatic heterocycles. The Morgan fingerprint density at radius 3 is 3.00 bits per heavy atom. The lowest BCUT2D eigenvalue weighted by molar-refractivity contribution is 0.254. The molecule has 0 spiro atoms. The Labute approximate surface area is 75.8 Å². The number of rotatable bonds is 2. The van der Waals surface area contributed by atoms with Gasteiger partial charge in [0.15, 0.2) is 5.82 Å². The van der Waals surface area contributed by atoms with E-state index < -0.39 is 0 Å². The molecule has 1 aromatic rings. The zero-order valence-corrected chi connectivity index (χ0v) is 7.50. The van der Waals surface area contributed by atoms with Gasteiger partial charge in [-0.3, -0.25) is 5.32 Å². The van der Waals surface area contributed by atoms with Crippen molar-refractivity contribution in [2.45, 2.75) is 13.8 Å². The summed E-state index contributed by atoms with van der Waals surface area (Å²) in [6.45, 7) is 3.56. The molecule has 5 heteroatoms. The summed E-state index contributed by atoms with van der Waals surface area (Å²) < 4.78 is 4.76. The minimum absolute atomic E-state index is 0.341. The van der Waals surface area contributed by atoms with Crippen molar-refractivity contribution in [3.63, 3.8) is 0 Å². The highest BCUT2D eigenvalue weighted by Crippen LogP contribution is 2.05. The van der Waals surface area contributed by atoms with Crippen LogP contribution in [0.5, 0.6) is 0 Å². The van der Waals surface area contributed by atoms with Gasteiger partial charge in [-0.05, 0) is 13.8 Å². The molecule has 2 amide bonds. The van der Waals surface area contributed by atoms with E-state index in [0.717, 1.165) is 0 Å². The summed E-state index contributed by atoms with van der Waals surface area (Å²) in [7, 11) is 0. The summed E-state index contributed by atoms with van der Waals surface area (Å²) >= 11 is 0. The summed E-state index contributed by atoms with van der Waals surface area (Å²) in [5.74, 6) is 1.06. The van der Waals surface area contributed by atoms with E-state index in [2.05, 4.69) is 15.8 Å². The smallest absolute Gasteiger partial charge is 0.324 e. The highest BCUT2D eigenvalue weighted by Gasteiger charge is 2.02. The van der Waals surface area contributed by atoms with Crippen LogP contribution >= 0.6 is 0 Å². The zero-order valence-electron chi connectivity index (χ0n) is 7.50. The van der Waals surface area contributed by atoms with E-state index in [1.165, 1.54) is 6.20 Å². The van der Waals surface area contributed by atoms with Crippen molar-refractivity contribution in [1.82, 2.24) is 10.5 Å². The van der Waals surface area contributed by atoms with E-state index in [0.29, 0.717) is 11.6 Å². The van der Waals surface area contributed by atoms with Gasteiger partial charge in [-0.25, -0.2) is 4.79 Å². The van der Waals surface area contributed by atoms with Crippen molar-refractivity contribution in [2.24, 2.45) is 0 Å². The Kier molecular flexibility index (Phi) is 3.08. The number of anilines is 1. The maximum Gasteiger partial charge on any atom is 0.324 e. The molecule has 70 valence electrons. The Morgan fingerprint density at radius 1 is 1.69 bits per heavy atom. The van der Waals surface area contributed by atoms with Gasteiger partial charge >= 0.3 is 6.03 Å². The zero-order chi connectivity index (χ0) is 9.68. The molecule has 1 heterocycles. The number of carbonyl (C=O) groups excluding carboxylic acids is 1. The van der Waals surface area contributed by atoms with Crippen LogP contribution in [0.3, 0.4) is 0 Å². The summed E-state index contributed by atoms with van der Waals surface area (Å²) in [4.78, 5) is 11.0. The van der Waals surface area contributed by atoms with Crippen molar-refractivity contribution in [1.29, 1.82) is 0 Å². The average molecular weight is 181 g/mol. The first kappa shape index (κ1) is 9.31. The molecule has 0 atom stereocenters. The number of nitrogens with zero attached hydrogens (tertiary/aromatic N) is 1. The van der Waals surface area contributed by atoms with Gasteiger partial charge in [-0.2, -0.15) is 0 Å². The standard InChI is InChI=1S/C8H11N3O2/c1-3-4-9-8(12)10-7-5-6(2)13-11-7/h3-5H,1-2H3,(H2,9,10,11,12)/b4-3+. The number of allylic oxidation sites excluding steroid dienone is 1. The summed E-state index contributed by atoms with van der Waals surface area (Å²) in [5.41, 5.74) is 0. The SMILES string of the molecule is C/C=C/NC(=O)Nc1cc(C)on1. The second-order valence-electron chi connectivity index (χ2n) is 2.42. The minimum Gasteiger partial charge on any atom is -0.360 e. The van der Waals surface area contributed by atoms with E-state index in [1.54, 1.807) is 26.0 Å². The molecular weight excluding hydrogens is 170 g/mol. The molecule has 0 fully saturated rings. The second-order valence-corrected chi connectivity index (χ2v) is 2.42. The molecule has 13 heavy (non-hydrogen) atoms. The van der Waals surface area contributed by atoms with Crippen molar-refractivity contribution in [3.8, 4) is 0 Å². The molecule has 0 radical (unpaired) electrons. The van der Waals surface area contributed by atoms with Crippen LogP contribution in [0.25, 0.3) is 0 Å². The van der Waals surface area contributed by atoms with Gasteiger partial charge < -0.3 is 9.84 Å². The van der Waals surface area contributed by atoms with Crippen LogP contribution in [0, 0.1) is 6.92 Å². The van der Waals surface area contributed by atoms with Gasteiger partial charge in [0.1, 0.15) is 5.76 Å². The number of aromatic nitrogens is 1. The van der Waals surface area contributed by atoms with Crippen LogP contribution in [0.2, 0.25) is 0 Å². The minimum atomic E-state index is -0.341.